The molecule has 20 heavy (non-hydrogen) atoms. The molecule has 0 amide bonds. The second-order valence-corrected chi connectivity index (χ2v) is 4.63. The van der Waals surface area contributed by atoms with Crippen molar-refractivity contribution in [2.75, 3.05) is 5.73 Å². The number of pyridine rings is 1. The molecule has 0 unspecified atom stereocenters. The Labute approximate surface area is 119 Å². The Hall–Kier alpha value is -2.40. The van der Waals surface area contributed by atoms with E-state index in [0.29, 0.717) is 27.5 Å². The van der Waals surface area contributed by atoms with E-state index in [1.54, 1.807) is 18.3 Å². The first kappa shape index (κ1) is 12.6. The minimum absolute atomic E-state index is 0.262. The summed E-state index contributed by atoms with van der Waals surface area (Å²) in [7, 11) is 0. The van der Waals surface area contributed by atoms with E-state index in [1.807, 2.05) is 6.07 Å². The number of nitrogen functional groups attached to an aromatic ring is 1. The highest BCUT2D eigenvalue weighted by atomic mass is 35.5. The van der Waals surface area contributed by atoms with Gasteiger partial charge in [-0.3, -0.25) is 10.1 Å². The Kier molecular flexibility index (Phi) is 3.12. The van der Waals surface area contributed by atoms with Gasteiger partial charge in [0, 0.05) is 16.8 Å². The summed E-state index contributed by atoms with van der Waals surface area (Å²) in [5.41, 5.74) is 7.81. The quantitative estimate of drug-likeness (QED) is 0.758. The molecule has 2 heterocycles. The number of aromatic nitrogens is 3. The zero-order valence-corrected chi connectivity index (χ0v) is 11.0. The number of rotatable bonds is 2. The molecule has 4 nitrogen and oxygen atoms in total. The van der Waals surface area contributed by atoms with Gasteiger partial charge in [-0.15, -0.1) is 0 Å². The average molecular weight is 289 g/mol. The van der Waals surface area contributed by atoms with Crippen LogP contribution in [0.1, 0.15) is 0 Å². The van der Waals surface area contributed by atoms with Crippen molar-refractivity contribution in [2.45, 2.75) is 0 Å². The summed E-state index contributed by atoms with van der Waals surface area (Å²) in [5.74, 6) is -0.145. The summed E-state index contributed by atoms with van der Waals surface area (Å²) in [6.07, 6.45) is 1.64. The van der Waals surface area contributed by atoms with Crippen molar-refractivity contribution in [1.82, 2.24) is 15.2 Å². The van der Waals surface area contributed by atoms with Crippen LogP contribution in [0.25, 0.3) is 22.5 Å². The van der Waals surface area contributed by atoms with Crippen molar-refractivity contribution < 1.29 is 4.39 Å². The highest BCUT2D eigenvalue weighted by Crippen LogP contribution is 2.35. The molecule has 0 aliphatic carbocycles. The van der Waals surface area contributed by atoms with Gasteiger partial charge in [-0.1, -0.05) is 17.7 Å². The maximum Gasteiger partial charge on any atom is 0.155 e. The van der Waals surface area contributed by atoms with Crippen LogP contribution in [0.4, 0.5) is 10.2 Å². The minimum atomic E-state index is -0.407. The van der Waals surface area contributed by atoms with E-state index in [0.717, 1.165) is 0 Å². The van der Waals surface area contributed by atoms with Crippen molar-refractivity contribution in [2.24, 2.45) is 0 Å². The fourth-order valence-electron chi connectivity index (χ4n) is 2.01. The fourth-order valence-corrected chi connectivity index (χ4v) is 2.18. The van der Waals surface area contributed by atoms with Crippen LogP contribution >= 0.6 is 11.6 Å². The number of hydrogen-bond acceptors (Lipinski definition) is 3. The van der Waals surface area contributed by atoms with E-state index in [1.165, 1.54) is 18.2 Å². The van der Waals surface area contributed by atoms with Gasteiger partial charge in [0.25, 0.3) is 0 Å². The van der Waals surface area contributed by atoms with Gasteiger partial charge < -0.3 is 5.73 Å². The van der Waals surface area contributed by atoms with Gasteiger partial charge in [-0.25, -0.2) is 4.39 Å². The number of nitrogens with zero attached hydrogens (tertiary/aromatic N) is 2. The Morgan fingerprint density at radius 1 is 1.20 bits per heavy atom. The average Bonchev–Trinajstić information content (AvgIpc) is 2.84. The third kappa shape index (κ3) is 2.12. The third-order valence-corrected chi connectivity index (χ3v) is 3.15. The number of nitrogens with one attached hydrogen (secondary N) is 1. The van der Waals surface area contributed by atoms with Crippen LogP contribution in [-0.2, 0) is 0 Å². The van der Waals surface area contributed by atoms with Crippen LogP contribution in [0.2, 0.25) is 5.02 Å². The Balaban J connectivity index is 2.24. The topological polar surface area (TPSA) is 67.6 Å². The summed E-state index contributed by atoms with van der Waals surface area (Å²) in [4.78, 5) is 4.22. The second kappa shape index (κ2) is 4.94. The Morgan fingerprint density at radius 2 is 2.05 bits per heavy atom. The SMILES string of the molecule is Nc1n[nH]c(-c2cc(Cl)ccc2F)c1-c1ccccn1. The molecule has 6 heteroatoms. The normalized spacial score (nSPS) is 10.7. The van der Waals surface area contributed by atoms with Crippen molar-refractivity contribution in [3.63, 3.8) is 0 Å². The van der Waals surface area contributed by atoms with Gasteiger partial charge in [0.1, 0.15) is 5.82 Å². The molecule has 0 aliphatic rings. The molecular formula is C14H10ClFN4. The van der Waals surface area contributed by atoms with Crippen molar-refractivity contribution in [3.8, 4) is 22.5 Å². The molecule has 100 valence electrons. The van der Waals surface area contributed by atoms with E-state index >= 15 is 0 Å². The van der Waals surface area contributed by atoms with Crippen LogP contribution in [-0.4, -0.2) is 15.2 Å². The maximum atomic E-state index is 14.0. The molecule has 0 bridgehead atoms. The van der Waals surface area contributed by atoms with E-state index in [9.17, 15) is 4.39 Å². The van der Waals surface area contributed by atoms with Crippen LogP contribution in [0.5, 0.6) is 0 Å². The first-order chi connectivity index (χ1) is 9.66. The number of hydrogen-bond donors (Lipinski definition) is 2. The predicted octanol–water partition coefficient (Wildman–Crippen LogP) is 3.51. The molecular weight excluding hydrogens is 279 g/mol. The lowest BCUT2D eigenvalue weighted by Crippen LogP contribution is -1.92. The first-order valence-corrected chi connectivity index (χ1v) is 6.25. The standard InChI is InChI=1S/C14H10ClFN4/c15-8-4-5-10(16)9(7-8)13-12(14(17)20-19-13)11-3-1-2-6-18-11/h1-7H,(H3,17,19,20). The van der Waals surface area contributed by atoms with E-state index < -0.39 is 5.82 Å². The zero-order valence-electron chi connectivity index (χ0n) is 10.3. The van der Waals surface area contributed by atoms with Crippen molar-refractivity contribution in [3.05, 3.63) is 53.4 Å². The minimum Gasteiger partial charge on any atom is -0.382 e. The summed E-state index contributed by atoms with van der Waals surface area (Å²) < 4.78 is 14.0. The number of benzene rings is 1. The van der Waals surface area contributed by atoms with Crippen LogP contribution in [0, 0.1) is 5.82 Å². The first-order valence-electron chi connectivity index (χ1n) is 5.87. The molecule has 0 saturated carbocycles. The van der Waals surface area contributed by atoms with Gasteiger partial charge >= 0.3 is 0 Å². The Bertz CT molecular complexity index is 755. The lowest BCUT2D eigenvalue weighted by atomic mass is 10.0. The van der Waals surface area contributed by atoms with Crippen LogP contribution in [0.15, 0.2) is 42.6 Å². The molecule has 0 atom stereocenters. The summed E-state index contributed by atoms with van der Waals surface area (Å²) in [6.45, 7) is 0. The largest absolute Gasteiger partial charge is 0.382 e. The summed E-state index contributed by atoms with van der Waals surface area (Å²) in [5, 5.41) is 7.12. The zero-order chi connectivity index (χ0) is 14.1. The molecule has 0 radical (unpaired) electrons. The molecule has 3 rings (SSSR count). The monoisotopic (exact) mass is 288 g/mol. The molecule has 1 aromatic carbocycles. The summed E-state index contributed by atoms with van der Waals surface area (Å²) >= 11 is 5.92. The molecule has 0 spiro atoms. The second-order valence-electron chi connectivity index (χ2n) is 4.20. The van der Waals surface area contributed by atoms with Gasteiger partial charge in [0.05, 0.1) is 17.0 Å². The number of H-pyrrole nitrogens is 1. The predicted molar refractivity (Wildman–Crippen MR) is 76.6 cm³/mol. The van der Waals surface area contributed by atoms with Crippen LogP contribution in [0.3, 0.4) is 0 Å². The lowest BCUT2D eigenvalue weighted by molar-refractivity contribution is 0.630. The number of halogens is 2. The van der Waals surface area contributed by atoms with E-state index in [-0.39, 0.29) is 5.82 Å². The Morgan fingerprint density at radius 3 is 2.80 bits per heavy atom. The third-order valence-electron chi connectivity index (χ3n) is 2.91. The molecule has 2 aromatic heterocycles. The van der Waals surface area contributed by atoms with Crippen molar-refractivity contribution in [1.29, 1.82) is 0 Å². The summed E-state index contributed by atoms with van der Waals surface area (Å²) in [6, 6.07) is 9.72. The highest BCUT2D eigenvalue weighted by Gasteiger charge is 2.18. The van der Waals surface area contributed by atoms with E-state index in [4.69, 9.17) is 17.3 Å². The number of aromatic amines is 1. The van der Waals surface area contributed by atoms with Gasteiger partial charge in [-0.05, 0) is 30.3 Å². The molecule has 3 aromatic rings. The molecule has 3 N–H and O–H groups in total. The number of nitrogens with two attached hydrogens (primary N) is 1. The van der Waals surface area contributed by atoms with Gasteiger partial charge in [0.15, 0.2) is 5.82 Å². The van der Waals surface area contributed by atoms with E-state index in [2.05, 4.69) is 15.2 Å². The molecule has 0 fully saturated rings. The number of anilines is 1. The maximum absolute atomic E-state index is 14.0. The van der Waals surface area contributed by atoms with Gasteiger partial charge in [-0.2, -0.15) is 5.10 Å². The van der Waals surface area contributed by atoms with Gasteiger partial charge in [0.2, 0.25) is 0 Å². The molecule has 0 saturated heterocycles. The van der Waals surface area contributed by atoms with Crippen molar-refractivity contribution >= 4 is 17.4 Å². The fraction of sp³-hybridized carbons (Fsp3) is 0. The molecule has 0 aliphatic heterocycles. The lowest BCUT2D eigenvalue weighted by Gasteiger charge is -2.05. The smallest absolute Gasteiger partial charge is 0.155 e. The van der Waals surface area contributed by atoms with Crippen LogP contribution < -0.4 is 5.73 Å². The highest BCUT2D eigenvalue weighted by molar-refractivity contribution is 6.30.